The molecule has 5 aliphatic carbocycles. The van der Waals surface area contributed by atoms with Crippen LogP contribution in [0, 0.1) is 50.2 Å². The fraction of sp³-hybridized carbons (Fsp3) is 0.794. The number of aliphatic hydroxyl groups is 12. The molecule has 0 bridgehead atoms. The van der Waals surface area contributed by atoms with Crippen LogP contribution in [0.15, 0.2) is 48.1 Å². The van der Waals surface area contributed by atoms with E-state index in [0.29, 0.717) is 38.5 Å². The molecule has 8 fully saturated rings. The number of hydrogen-bond donors (Lipinski definition) is 13. The highest BCUT2D eigenvalue weighted by Gasteiger charge is 2.73. The van der Waals surface area contributed by atoms with Gasteiger partial charge >= 0.3 is 17.9 Å². The van der Waals surface area contributed by atoms with E-state index in [-0.39, 0.29) is 24.9 Å². The first-order valence-electron chi connectivity index (χ1n) is 31.0. The number of esters is 2. The van der Waals surface area contributed by atoms with Crippen molar-refractivity contribution in [3.63, 3.8) is 0 Å². The third-order valence-electron chi connectivity index (χ3n) is 22.7. The van der Waals surface area contributed by atoms with E-state index in [0.717, 1.165) is 11.1 Å². The van der Waals surface area contributed by atoms with Gasteiger partial charge in [0.15, 0.2) is 31.3 Å². The Balaban J connectivity index is 0.948. The molecule has 4 aliphatic heterocycles. The second-order valence-electron chi connectivity index (χ2n) is 28.4. The molecule has 0 spiro atoms. The Kier molecular flexibility index (Phi) is 19.6. The lowest BCUT2D eigenvalue weighted by Crippen LogP contribution is -2.72. The molecule has 13 N–H and O–H groups in total. The number of carbonyl (C=O) groups is 3. The molecule has 0 radical (unpaired) electrons. The molecule has 500 valence electrons. The number of allylic oxidation sites excluding steroid dienone is 2. The minimum absolute atomic E-state index is 0.0203. The van der Waals surface area contributed by atoms with Gasteiger partial charge in [0.1, 0.15) is 98.2 Å². The van der Waals surface area contributed by atoms with Crippen LogP contribution >= 0.6 is 0 Å². The number of rotatable bonds is 15. The van der Waals surface area contributed by atoms with Crippen LogP contribution < -0.4 is 0 Å². The molecule has 1 aromatic carbocycles. The Bertz CT molecular complexity index is 2750. The van der Waals surface area contributed by atoms with Crippen LogP contribution in [0.25, 0.3) is 6.08 Å². The van der Waals surface area contributed by atoms with Crippen molar-refractivity contribution in [2.24, 2.45) is 50.2 Å². The summed E-state index contributed by atoms with van der Waals surface area (Å²) in [6.45, 7) is 13.6. The molecular formula is C63H92O26. The minimum Gasteiger partial charge on any atom is -0.479 e. The zero-order valence-electron chi connectivity index (χ0n) is 51.5. The van der Waals surface area contributed by atoms with E-state index >= 15 is 0 Å². The van der Waals surface area contributed by atoms with Crippen molar-refractivity contribution < 1.29 is 128 Å². The lowest BCUT2D eigenvalue weighted by molar-refractivity contribution is -0.399. The lowest BCUT2D eigenvalue weighted by atomic mass is 9.33. The van der Waals surface area contributed by atoms with E-state index in [4.69, 9.17) is 47.4 Å². The second kappa shape index (κ2) is 25.6. The van der Waals surface area contributed by atoms with Gasteiger partial charge in [-0.3, -0.25) is 4.79 Å². The summed E-state index contributed by atoms with van der Waals surface area (Å²) in [4.78, 5) is 39.4. The number of aliphatic carboxylic acids is 1. The van der Waals surface area contributed by atoms with Gasteiger partial charge in [-0.2, -0.15) is 0 Å². The van der Waals surface area contributed by atoms with E-state index in [2.05, 4.69) is 26.8 Å². The molecule has 0 amide bonds. The zero-order chi connectivity index (χ0) is 64.8. The van der Waals surface area contributed by atoms with Gasteiger partial charge in [-0.25, -0.2) is 9.59 Å². The summed E-state index contributed by atoms with van der Waals surface area (Å²) >= 11 is 0. The number of ether oxygens (including phenoxy) is 10. The Labute approximate surface area is 516 Å². The minimum atomic E-state index is -2.21. The van der Waals surface area contributed by atoms with E-state index in [1.807, 2.05) is 58.0 Å². The third-order valence-corrected chi connectivity index (χ3v) is 22.7. The van der Waals surface area contributed by atoms with Gasteiger partial charge in [-0.15, -0.1) is 0 Å². The maximum absolute atomic E-state index is 13.6. The fourth-order valence-electron chi connectivity index (χ4n) is 17.6. The normalized spacial score (nSPS) is 48.6. The van der Waals surface area contributed by atoms with E-state index in [1.54, 1.807) is 6.08 Å². The van der Waals surface area contributed by atoms with Gasteiger partial charge in [0.05, 0.1) is 37.4 Å². The highest BCUT2D eigenvalue weighted by Crippen LogP contribution is 2.76. The van der Waals surface area contributed by atoms with Crippen LogP contribution in [-0.2, 0) is 61.8 Å². The van der Waals surface area contributed by atoms with E-state index in [9.17, 15) is 80.8 Å². The maximum Gasteiger partial charge on any atom is 0.335 e. The standard InChI is InChI=1S/C63H92O26/c1-28(65)82-27-63-31(22-58(2,3)52(51(63)77)85-39(69)17-14-29-12-10-9-11-13-29)30-15-16-36-60(6)20-19-38(59(4,5)35(60)18-21-61(36,7)62(30,8)23-37(63)68)84-57-50(89-55-45(75)43(73)42(72)34(24-64)83-55)47(46(76)48(87-57)53(78)79)86-56-49(41(71)33(67)26-81-56)88-54-44(74)40(70)32(66)25-80-54/h9-15,17,31-38,40-52,54-57,64,66-68,70-77H,16,18-27H2,1-8H3,(H,78,79)/b17-14+/t31-,32+,33-,34+,35-,36+,37+,38-,40-,41-,42-,43-,44+,45+,46-,47-,48-,49+,50+,51-,52-,54-,55-,56-,57+,60-,61+,62+,63-/m0/s1. The van der Waals surface area contributed by atoms with Crippen molar-refractivity contribution >= 4 is 24.0 Å². The van der Waals surface area contributed by atoms with Gasteiger partial charge in [0.25, 0.3) is 0 Å². The third kappa shape index (κ3) is 11.9. The molecule has 4 saturated heterocycles. The molecule has 4 heterocycles. The summed E-state index contributed by atoms with van der Waals surface area (Å²) in [5.74, 6) is -3.62. The summed E-state index contributed by atoms with van der Waals surface area (Å²) in [5, 5.41) is 145. The topological polar surface area (TPSA) is 407 Å². The number of carboxylic acids is 1. The molecule has 1 aromatic rings. The predicted octanol–water partition coefficient (Wildman–Crippen LogP) is -0.444. The number of hydrogen-bond acceptors (Lipinski definition) is 25. The van der Waals surface area contributed by atoms with Gasteiger partial charge in [0.2, 0.25) is 0 Å². The van der Waals surface area contributed by atoms with Crippen LogP contribution in [0.5, 0.6) is 0 Å². The SMILES string of the molecule is CC(=O)OC[C@@]12[C@H](O)C[C@]3(C)C(=CC[C@@H]4[C@@]5(C)CC[C@H](O[C@@H]6O[C@H](C(=O)O)[C@@H](O)[C@H](O[C@@H]7OC[C@H](O)[C@H](O)[C@H]7O[C@@H]7OC[C@@H](O)[C@H](O)[C@H]7O)[C@H]6O[C@@H]6O[C@H](CO)[C@H](O)[C@H](O)[C@H]6O)C(C)(C)[C@@H]5CC[C@]43C)[C@@H]1CC(C)(C)[C@@H](OC(=O)/C=C/c1ccccc1)[C@@H]2O. The zero-order valence-corrected chi connectivity index (χ0v) is 51.5. The molecule has 26 nitrogen and oxygen atoms in total. The smallest absolute Gasteiger partial charge is 0.335 e. The largest absolute Gasteiger partial charge is 0.479 e. The summed E-state index contributed by atoms with van der Waals surface area (Å²) in [5.41, 5.74) is -2.88. The van der Waals surface area contributed by atoms with Crippen molar-refractivity contribution in [2.75, 3.05) is 26.4 Å². The molecule has 26 heteroatoms. The number of carbonyl (C=O) groups excluding carboxylic acids is 2. The number of fused-ring (bicyclic) bond motifs is 7. The lowest BCUT2D eigenvalue weighted by Gasteiger charge is -2.72. The van der Waals surface area contributed by atoms with E-state index in [1.165, 1.54) is 13.0 Å². The average molecular weight is 1270 g/mol. The highest BCUT2D eigenvalue weighted by atomic mass is 16.8. The van der Waals surface area contributed by atoms with Crippen molar-refractivity contribution in [3.05, 3.63) is 53.6 Å². The van der Waals surface area contributed by atoms with E-state index < -0.39 is 211 Å². The number of carboxylic acid groups (broad SMARTS) is 1. The fourth-order valence-corrected chi connectivity index (χ4v) is 17.6. The molecule has 10 rings (SSSR count). The van der Waals surface area contributed by atoms with Crippen molar-refractivity contribution in [1.29, 1.82) is 0 Å². The molecule has 29 atom stereocenters. The number of aliphatic hydroxyl groups excluding tert-OH is 12. The van der Waals surface area contributed by atoms with Crippen molar-refractivity contribution in [2.45, 2.75) is 235 Å². The van der Waals surface area contributed by atoms with Crippen molar-refractivity contribution in [1.82, 2.24) is 0 Å². The monoisotopic (exact) mass is 1260 g/mol. The first-order valence-corrected chi connectivity index (χ1v) is 31.0. The summed E-state index contributed by atoms with van der Waals surface area (Å²) in [6.07, 6.45) is -29.8. The van der Waals surface area contributed by atoms with Crippen LogP contribution in [0.4, 0.5) is 0 Å². The molecule has 9 aliphatic rings. The number of benzene rings is 1. The first-order chi connectivity index (χ1) is 41.8. The molecule has 0 aromatic heterocycles. The molecular weight excluding hydrogens is 1170 g/mol. The van der Waals surface area contributed by atoms with Crippen LogP contribution in [0.1, 0.15) is 106 Å². The van der Waals surface area contributed by atoms with Gasteiger partial charge in [-0.1, -0.05) is 90.4 Å². The Morgan fingerprint density at radius 1 is 0.663 bits per heavy atom. The van der Waals surface area contributed by atoms with Gasteiger partial charge < -0.3 is 114 Å². The summed E-state index contributed by atoms with van der Waals surface area (Å²) < 4.78 is 60.6. The van der Waals surface area contributed by atoms with Gasteiger partial charge in [-0.05, 0) is 96.0 Å². The Morgan fingerprint density at radius 2 is 1.30 bits per heavy atom. The van der Waals surface area contributed by atoms with Crippen molar-refractivity contribution in [3.8, 4) is 0 Å². The van der Waals surface area contributed by atoms with Gasteiger partial charge in [0, 0.05) is 18.4 Å². The summed E-state index contributed by atoms with van der Waals surface area (Å²) in [6, 6.07) is 9.21. The second-order valence-corrected chi connectivity index (χ2v) is 28.4. The van der Waals surface area contributed by atoms with Crippen LogP contribution in [0.2, 0.25) is 0 Å². The van der Waals surface area contributed by atoms with Crippen LogP contribution in [0.3, 0.4) is 0 Å². The average Bonchev–Trinajstić information content (AvgIpc) is 0.673. The predicted molar refractivity (Wildman–Crippen MR) is 304 cm³/mol. The van der Waals surface area contributed by atoms with Crippen LogP contribution in [-0.4, -0.2) is 246 Å². The molecule has 4 saturated carbocycles. The molecule has 89 heavy (non-hydrogen) atoms. The maximum atomic E-state index is 13.6. The summed E-state index contributed by atoms with van der Waals surface area (Å²) in [7, 11) is 0. The highest BCUT2D eigenvalue weighted by molar-refractivity contribution is 5.87. The Morgan fingerprint density at radius 3 is 1.97 bits per heavy atom. The quantitative estimate of drug-likeness (QED) is 0.0458. The first kappa shape index (κ1) is 68.2. The Hall–Kier alpha value is -3.69. The molecule has 0 unspecified atom stereocenters.